The van der Waals surface area contributed by atoms with Gasteiger partial charge in [-0.05, 0) is 30.4 Å². The summed E-state index contributed by atoms with van der Waals surface area (Å²) in [4.78, 5) is 17.3. The van der Waals surface area contributed by atoms with Crippen LogP contribution in [0.25, 0.3) is 0 Å². The van der Waals surface area contributed by atoms with E-state index in [2.05, 4.69) is 36.3 Å². The molecule has 7 nitrogen and oxygen atoms in total. The molecule has 2 aromatic rings. The fourth-order valence-corrected chi connectivity index (χ4v) is 5.24. The largest absolute Gasteiger partial charge is 0.497 e. The molecule has 2 bridgehead atoms. The van der Waals surface area contributed by atoms with E-state index in [1.165, 1.54) is 11.8 Å². The number of rotatable bonds is 6. The Kier molecular flexibility index (Phi) is 4.93. The van der Waals surface area contributed by atoms with Gasteiger partial charge in [-0.25, -0.2) is 4.98 Å². The van der Waals surface area contributed by atoms with Crippen molar-refractivity contribution in [2.24, 2.45) is 5.41 Å². The molecule has 154 valence electrons. The first-order valence-electron chi connectivity index (χ1n) is 9.70. The summed E-state index contributed by atoms with van der Waals surface area (Å²) < 4.78 is 10.5. The maximum Gasteiger partial charge on any atom is 0.234 e. The summed E-state index contributed by atoms with van der Waals surface area (Å²) in [6, 6.07) is 5.27. The highest BCUT2D eigenvalue weighted by Crippen LogP contribution is 2.66. The van der Waals surface area contributed by atoms with Gasteiger partial charge in [0.15, 0.2) is 0 Å². The van der Waals surface area contributed by atoms with Gasteiger partial charge in [0.05, 0.1) is 37.0 Å². The smallest absolute Gasteiger partial charge is 0.234 e. The predicted octanol–water partition coefficient (Wildman–Crippen LogP) is 3.79. The van der Waals surface area contributed by atoms with Gasteiger partial charge in [0, 0.05) is 17.4 Å². The van der Waals surface area contributed by atoms with E-state index in [4.69, 9.17) is 14.5 Å². The number of benzene rings is 1. The molecule has 2 aliphatic rings. The third-order valence-corrected chi connectivity index (χ3v) is 7.62. The van der Waals surface area contributed by atoms with E-state index >= 15 is 0 Å². The standard InChI is InChI=1S/C21H26N4O3S/c1-20(2)13-8-9-21(20,3)18-17(13)24-25-19(23-18)29-11-16(26)22-14-10-12(27-4)6-7-15(14)28-5/h6-7,10,13H,8-9,11H2,1-5H3,(H,22,26)/t13-,21+/m1/s1. The van der Waals surface area contributed by atoms with Gasteiger partial charge in [0.25, 0.3) is 0 Å². The maximum atomic E-state index is 12.5. The van der Waals surface area contributed by atoms with Gasteiger partial charge in [-0.3, -0.25) is 4.79 Å². The van der Waals surface area contributed by atoms with Crippen LogP contribution in [0.15, 0.2) is 23.4 Å². The van der Waals surface area contributed by atoms with Crippen LogP contribution in [0.5, 0.6) is 11.5 Å². The number of carbonyl (C=O) groups excluding carboxylic acids is 1. The molecule has 0 radical (unpaired) electrons. The third kappa shape index (κ3) is 3.13. The molecular formula is C21H26N4O3S. The minimum Gasteiger partial charge on any atom is -0.497 e. The van der Waals surface area contributed by atoms with Crippen molar-refractivity contribution in [3.05, 3.63) is 29.6 Å². The summed E-state index contributed by atoms with van der Waals surface area (Å²) in [6.45, 7) is 6.88. The average molecular weight is 415 g/mol. The van der Waals surface area contributed by atoms with Crippen molar-refractivity contribution in [2.75, 3.05) is 25.3 Å². The maximum absolute atomic E-state index is 12.5. The van der Waals surface area contributed by atoms with Crippen molar-refractivity contribution in [1.29, 1.82) is 0 Å². The van der Waals surface area contributed by atoms with E-state index in [0.717, 1.165) is 24.2 Å². The summed E-state index contributed by atoms with van der Waals surface area (Å²) in [5.74, 6) is 1.66. The van der Waals surface area contributed by atoms with Crippen molar-refractivity contribution in [3.63, 3.8) is 0 Å². The average Bonchev–Trinajstić information content (AvgIpc) is 3.04. The molecule has 0 saturated heterocycles. The number of hydrogen-bond acceptors (Lipinski definition) is 7. The number of hydrogen-bond donors (Lipinski definition) is 1. The Hall–Kier alpha value is -2.35. The Morgan fingerprint density at radius 1 is 1.24 bits per heavy atom. The SMILES string of the molecule is COc1ccc(OC)c(NC(=O)CSc2nnc3c(n2)[C@]2(C)CC[C@H]3C2(C)C)c1. The van der Waals surface area contributed by atoms with Crippen LogP contribution in [-0.2, 0) is 10.2 Å². The second-order valence-corrected chi connectivity index (χ2v) is 9.32. The second-order valence-electron chi connectivity index (χ2n) is 8.38. The molecule has 1 amide bonds. The van der Waals surface area contributed by atoms with Crippen LogP contribution in [0.4, 0.5) is 5.69 Å². The van der Waals surface area contributed by atoms with E-state index in [1.54, 1.807) is 32.4 Å². The van der Waals surface area contributed by atoms with Crippen LogP contribution in [0, 0.1) is 5.41 Å². The van der Waals surface area contributed by atoms with E-state index in [0.29, 0.717) is 28.3 Å². The van der Waals surface area contributed by atoms with Crippen molar-refractivity contribution in [1.82, 2.24) is 15.2 Å². The number of carbonyl (C=O) groups is 1. The van der Waals surface area contributed by atoms with Gasteiger partial charge in [-0.1, -0.05) is 32.5 Å². The number of fused-ring (bicyclic) bond motifs is 5. The minimum atomic E-state index is -0.168. The lowest BCUT2D eigenvalue weighted by molar-refractivity contribution is -0.113. The van der Waals surface area contributed by atoms with Gasteiger partial charge < -0.3 is 14.8 Å². The van der Waals surface area contributed by atoms with E-state index in [9.17, 15) is 4.79 Å². The fourth-order valence-electron chi connectivity index (χ4n) is 4.65. The Morgan fingerprint density at radius 3 is 2.76 bits per heavy atom. The molecule has 1 N–H and O–H groups in total. The van der Waals surface area contributed by atoms with Crippen molar-refractivity contribution in [3.8, 4) is 11.5 Å². The van der Waals surface area contributed by atoms with Gasteiger partial charge in [-0.2, -0.15) is 5.10 Å². The van der Waals surface area contributed by atoms with Crippen LogP contribution < -0.4 is 14.8 Å². The Balaban J connectivity index is 1.46. The zero-order valence-electron chi connectivity index (χ0n) is 17.4. The fraction of sp³-hybridized carbons (Fsp3) is 0.524. The Morgan fingerprint density at radius 2 is 2.03 bits per heavy atom. The number of nitrogens with one attached hydrogen (secondary N) is 1. The first kappa shape index (κ1) is 19.9. The highest BCUT2D eigenvalue weighted by Gasteiger charge is 2.61. The molecule has 2 aliphatic carbocycles. The zero-order valence-corrected chi connectivity index (χ0v) is 18.2. The first-order valence-corrected chi connectivity index (χ1v) is 10.7. The number of amides is 1. The number of ether oxygens (including phenoxy) is 2. The number of thioether (sulfide) groups is 1. The molecule has 0 aliphatic heterocycles. The van der Waals surface area contributed by atoms with Crippen molar-refractivity contribution >= 4 is 23.4 Å². The normalized spacial score (nSPS) is 23.6. The van der Waals surface area contributed by atoms with Crippen LogP contribution in [-0.4, -0.2) is 41.1 Å². The van der Waals surface area contributed by atoms with Crippen LogP contribution in [0.2, 0.25) is 0 Å². The summed E-state index contributed by atoms with van der Waals surface area (Å²) in [5, 5.41) is 12.2. The van der Waals surface area contributed by atoms with Gasteiger partial charge in [0.2, 0.25) is 11.1 Å². The van der Waals surface area contributed by atoms with E-state index in [-0.39, 0.29) is 22.5 Å². The first-order chi connectivity index (χ1) is 13.8. The zero-order chi connectivity index (χ0) is 20.8. The highest BCUT2D eigenvalue weighted by molar-refractivity contribution is 7.99. The minimum absolute atomic E-state index is 0.0223. The molecule has 1 aromatic heterocycles. The second kappa shape index (κ2) is 7.16. The van der Waals surface area contributed by atoms with Crippen LogP contribution in [0.3, 0.4) is 0 Å². The molecule has 29 heavy (non-hydrogen) atoms. The predicted molar refractivity (Wildman–Crippen MR) is 112 cm³/mol. The highest BCUT2D eigenvalue weighted by atomic mass is 32.2. The number of methoxy groups -OCH3 is 2. The van der Waals surface area contributed by atoms with E-state index in [1.807, 2.05) is 0 Å². The summed E-state index contributed by atoms with van der Waals surface area (Å²) in [5.41, 5.74) is 2.83. The molecule has 1 saturated carbocycles. The quantitative estimate of drug-likeness (QED) is 0.720. The van der Waals surface area contributed by atoms with Crippen LogP contribution in [0.1, 0.15) is 50.9 Å². The number of anilines is 1. The summed E-state index contributed by atoms with van der Waals surface area (Å²) >= 11 is 1.29. The topological polar surface area (TPSA) is 86.2 Å². The Bertz CT molecular complexity index is 965. The lowest BCUT2D eigenvalue weighted by Gasteiger charge is -2.33. The van der Waals surface area contributed by atoms with Crippen molar-refractivity contribution < 1.29 is 14.3 Å². The van der Waals surface area contributed by atoms with E-state index < -0.39 is 0 Å². The lowest BCUT2D eigenvalue weighted by Crippen LogP contribution is -2.32. The molecule has 1 heterocycles. The molecule has 0 unspecified atom stereocenters. The monoisotopic (exact) mass is 414 g/mol. The molecule has 4 rings (SSSR count). The number of aromatic nitrogens is 3. The summed E-state index contributed by atoms with van der Waals surface area (Å²) in [7, 11) is 3.14. The molecule has 2 atom stereocenters. The molecule has 1 fully saturated rings. The molecule has 0 spiro atoms. The molecule has 8 heteroatoms. The van der Waals surface area contributed by atoms with Crippen molar-refractivity contribution in [2.45, 2.75) is 50.1 Å². The molecular weight excluding hydrogens is 388 g/mol. The number of nitrogens with zero attached hydrogens (tertiary/aromatic N) is 3. The van der Waals surface area contributed by atoms with Gasteiger partial charge in [-0.15, -0.1) is 5.10 Å². The third-order valence-electron chi connectivity index (χ3n) is 6.79. The van der Waals surface area contributed by atoms with Gasteiger partial charge >= 0.3 is 0 Å². The van der Waals surface area contributed by atoms with Gasteiger partial charge in [0.1, 0.15) is 11.5 Å². The molecule has 1 aromatic carbocycles. The van der Waals surface area contributed by atoms with Crippen LogP contribution >= 0.6 is 11.8 Å². The summed E-state index contributed by atoms with van der Waals surface area (Å²) in [6.07, 6.45) is 2.26. The Labute approximate surface area is 175 Å². The lowest BCUT2D eigenvalue weighted by atomic mass is 9.70.